The van der Waals surface area contributed by atoms with Crippen LogP contribution in [0.15, 0.2) is 18.2 Å². The van der Waals surface area contributed by atoms with Gasteiger partial charge in [-0.3, -0.25) is 0 Å². The van der Waals surface area contributed by atoms with Crippen LogP contribution in [0.5, 0.6) is 0 Å². The molecule has 0 atom stereocenters. The first kappa shape index (κ1) is 14.1. The molecule has 1 aromatic carbocycles. The number of benzene rings is 1. The van der Waals surface area contributed by atoms with Gasteiger partial charge in [0, 0.05) is 18.6 Å². The zero-order valence-electron chi connectivity index (χ0n) is 10.8. The largest absolute Gasteiger partial charge is 0.396 e. The monoisotopic (exact) mass is 242 g/mol. The molecule has 0 radical (unpaired) electrons. The quantitative estimate of drug-likeness (QED) is 0.855. The third kappa shape index (κ3) is 3.25. The Morgan fingerprint density at radius 2 is 1.76 bits per heavy atom. The van der Waals surface area contributed by atoms with Crippen LogP contribution in [0.1, 0.15) is 43.9 Å². The molecule has 0 amide bonds. The van der Waals surface area contributed by atoms with Gasteiger partial charge in [0.1, 0.15) is 0 Å². The van der Waals surface area contributed by atoms with E-state index in [0.717, 1.165) is 5.56 Å². The number of aliphatic hydroxyl groups is 1. The second kappa shape index (κ2) is 4.73. The number of aryl methyl sites for hydroxylation is 1. The second-order valence-electron chi connectivity index (χ2n) is 5.46. The maximum Gasteiger partial charge on any atom is 0.275 e. The maximum absolute atomic E-state index is 13.7. The van der Waals surface area contributed by atoms with Crippen molar-refractivity contribution in [2.75, 3.05) is 6.61 Å². The number of alkyl halides is 2. The minimum Gasteiger partial charge on any atom is -0.396 e. The lowest BCUT2D eigenvalue weighted by Gasteiger charge is -2.23. The molecule has 0 saturated carbocycles. The Labute approximate surface area is 101 Å². The summed E-state index contributed by atoms with van der Waals surface area (Å²) in [5, 5.41) is 8.66. The molecular formula is C14H20F2O. The molecule has 1 N–H and O–H groups in total. The molecule has 96 valence electrons. The molecule has 0 aliphatic carbocycles. The van der Waals surface area contributed by atoms with Gasteiger partial charge in [0.05, 0.1) is 0 Å². The summed E-state index contributed by atoms with van der Waals surface area (Å²) in [6.45, 7) is 7.33. The van der Waals surface area contributed by atoms with Crippen LogP contribution in [-0.2, 0) is 11.3 Å². The lowest BCUT2D eigenvalue weighted by Crippen LogP contribution is -2.18. The predicted molar refractivity (Wildman–Crippen MR) is 65.5 cm³/mol. The van der Waals surface area contributed by atoms with Crippen molar-refractivity contribution in [2.45, 2.75) is 45.5 Å². The van der Waals surface area contributed by atoms with E-state index < -0.39 is 19.0 Å². The summed E-state index contributed by atoms with van der Waals surface area (Å²) in [6, 6.07) is 5.03. The average molecular weight is 242 g/mol. The molecule has 0 fully saturated rings. The highest BCUT2D eigenvalue weighted by Crippen LogP contribution is 2.35. The minimum atomic E-state index is -2.95. The Morgan fingerprint density at radius 1 is 1.18 bits per heavy atom. The Kier molecular flexibility index (Phi) is 3.92. The Balaban J connectivity index is 3.14. The molecule has 1 nitrogen and oxygen atoms in total. The SMILES string of the molecule is Cc1cc(C(C)(C)C)ccc1C(F)(F)CCO. The fourth-order valence-electron chi connectivity index (χ4n) is 1.82. The smallest absolute Gasteiger partial charge is 0.275 e. The normalized spacial score (nSPS) is 12.9. The summed E-state index contributed by atoms with van der Waals surface area (Å²) >= 11 is 0. The molecule has 17 heavy (non-hydrogen) atoms. The summed E-state index contributed by atoms with van der Waals surface area (Å²) in [4.78, 5) is 0. The van der Waals surface area contributed by atoms with Gasteiger partial charge in [-0.05, 0) is 23.5 Å². The van der Waals surface area contributed by atoms with Gasteiger partial charge >= 0.3 is 0 Å². The van der Waals surface area contributed by atoms with Crippen molar-refractivity contribution in [3.05, 3.63) is 34.9 Å². The fraction of sp³-hybridized carbons (Fsp3) is 0.571. The van der Waals surface area contributed by atoms with Gasteiger partial charge in [-0.1, -0.05) is 39.0 Å². The van der Waals surface area contributed by atoms with E-state index in [4.69, 9.17) is 5.11 Å². The van der Waals surface area contributed by atoms with Gasteiger partial charge in [-0.25, -0.2) is 8.78 Å². The van der Waals surface area contributed by atoms with E-state index in [-0.39, 0.29) is 11.0 Å². The summed E-state index contributed by atoms with van der Waals surface area (Å²) in [6.07, 6.45) is -0.525. The summed E-state index contributed by atoms with van der Waals surface area (Å²) < 4.78 is 27.4. The topological polar surface area (TPSA) is 20.2 Å². The zero-order chi connectivity index (χ0) is 13.3. The van der Waals surface area contributed by atoms with E-state index >= 15 is 0 Å². The molecule has 0 aliphatic heterocycles. The Morgan fingerprint density at radius 3 is 2.18 bits per heavy atom. The Bertz CT molecular complexity index is 392. The molecule has 0 bridgehead atoms. The summed E-state index contributed by atoms with van der Waals surface area (Å²) in [5.74, 6) is -2.95. The highest BCUT2D eigenvalue weighted by atomic mass is 19.3. The molecule has 0 aliphatic rings. The van der Waals surface area contributed by atoms with Crippen molar-refractivity contribution in [3.8, 4) is 0 Å². The van der Waals surface area contributed by atoms with Gasteiger partial charge in [0.15, 0.2) is 0 Å². The van der Waals surface area contributed by atoms with Crippen molar-refractivity contribution < 1.29 is 13.9 Å². The fourth-order valence-corrected chi connectivity index (χ4v) is 1.82. The van der Waals surface area contributed by atoms with E-state index in [1.165, 1.54) is 6.07 Å². The first-order valence-corrected chi connectivity index (χ1v) is 5.79. The van der Waals surface area contributed by atoms with Crippen molar-refractivity contribution in [2.24, 2.45) is 0 Å². The number of hydrogen-bond donors (Lipinski definition) is 1. The van der Waals surface area contributed by atoms with Gasteiger partial charge in [0.25, 0.3) is 5.92 Å². The van der Waals surface area contributed by atoms with Crippen molar-refractivity contribution >= 4 is 0 Å². The van der Waals surface area contributed by atoms with Crippen molar-refractivity contribution in [1.29, 1.82) is 0 Å². The molecule has 0 heterocycles. The zero-order valence-corrected chi connectivity index (χ0v) is 10.8. The van der Waals surface area contributed by atoms with Crippen LogP contribution < -0.4 is 0 Å². The molecule has 0 aromatic heterocycles. The maximum atomic E-state index is 13.7. The molecule has 0 spiro atoms. The second-order valence-corrected chi connectivity index (χ2v) is 5.46. The lowest BCUT2D eigenvalue weighted by atomic mass is 9.84. The van der Waals surface area contributed by atoms with Crippen LogP contribution in [0.2, 0.25) is 0 Å². The van der Waals surface area contributed by atoms with E-state index in [9.17, 15) is 8.78 Å². The number of hydrogen-bond acceptors (Lipinski definition) is 1. The van der Waals surface area contributed by atoms with E-state index in [0.29, 0.717) is 5.56 Å². The number of halogens is 2. The first-order chi connectivity index (χ1) is 7.68. The third-order valence-corrected chi connectivity index (χ3v) is 2.91. The van der Waals surface area contributed by atoms with Crippen LogP contribution in [0.3, 0.4) is 0 Å². The molecular weight excluding hydrogens is 222 g/mol. The van der Waals surface area contributed by atoms with Gasteiger partial charge in [-0.15, -0.1) is 0 Å². The molecule has 1 rings (SSSR count). The van der Waals surface area contributed by atoms with Gasteiger partial charge in [-0.2, -0.15) is 0 Å². The molecule has 3 heteroatoms. The lowest BCUT2D eigenvalue weighted by molar-refractivity contribution is -0.0275. The minimum absolute atomic E-state index is 0.0135. The summed E-state index contributed by atoms with van der Waals surface area (Å²) in [7, 11) is 0. The number of rotatable bonds is 3. The van der Waals surface area contributed by atoms with E-state index in [1.54, 1.807) is 19.1 Å². The van der Waals surface area contributed by atoms with Crippen molar-refractivity contribution in [1.82, 2.24) is 0 Å². The van der Waals surface area contributed by atoms with Crippen LogP contribution in [0.4, 0.5) is 8.78 Å². The third-order valence-electron chi connectivity index (χ3n) is 2.91. The highest BCUT2D eigenvalue weighted by molar-refractivity contribution is 5.36. The van der Waals surface area contributed by atoms with Crippen LogP contribution in [0.25, 0.3) is 0 Å². The van der Waals surface area contributed by atoms with E-state index in [1.807, 2.05) is 20.8 Å². The predicted octanol–water partition coefficient (Wildman–Crippen LogP) is 3.77. The van der Waals surface area contributed by atoms with Crippen LogP contribution in [-0.4, -0.2) is 11.7 Å². The average Bonchev–Trinajstić information content (AvgIpc) is 2.15. The first-order valence-electron chi connectivity index (χ1n) is 5.79. The molecule has 1 aromatic rings. The van der Waals surface area contributed by atoms with Crippen molar-refractivity contribution in [3.63, 3.8) is 0 Å². The standard InChI is InChI=1S/C14H20F2O/c1-10-9-11(13(2,3)4)5-6-12(10)14(15,16)7-8-17/h5-6,9,17H,7-8H2,1-4H3. The van der Waals surface area contributed by atoms with Crippen LogP contribution >= 0.6 is 0 Å². The van der Waals surface area contributed by atoms with E-state index in [2.05, 4.69) is 0 Å². The van der Waals surface area contributed by atoms with Gasteiger partial charge < -0.3 is 5.11 Å². The highest BCUT2D eigenvalue weighted by Gasteiger charge is 2.32. The van der Waals surface area contributed by atoms with Crippen LogP contribution in [0, 0.1) is 6.92 Å². The Hall–Kier alpha value is -0.960. The molecule has 0 saturated heterocycles. The summed E-state index contributed by atoms with van der Waals surface area (Å²) in [5.41, 5.74) is 1.59. The number of aliphatic hydroxyl groups excluding tert-OH is 1. The molecule has 0 unspecified atom stereocenters. The van der Waals surface area contributed by atoms with Gasteiger partial charge in [0.2, 0.25) is 0 Å².